The van der Waals surface area contributed by atoms with Gasteiger partial charge in [0, 0.05) is 6.07 Å². The third kappa shape index (κ3) is 2.81. The zero-order valence-electron chi connectivity index (χ0n) is 7.88. The lowest BCUT2D eigenvalue weighted by Crippen LogP contribution is -1.95. The molecular formula is C10H9N3O2. The second kappa shape index (κ2) is 4.77. The Morgan fingerprint density at radius 1 is 1.60 bits per heavy atom. The van der Waals surface area contributed by atoms with Gasteiger partial charge in [0.25, 0.3) is 5.69 Å². The van der Waals surface area contributed by atoms with Crippen LogP contribution in [0.25, 0.3) is 6.08 Å². The summed E-state index contributed by atoms with van der Waals surface area (Å²) >= 11 is 0. The maximum atomic E-state index is 10.6. The average molecular weight is 203 g/mol. The number of nitrogens with zero attached hydrogens (tertiary/aromatic N) is 2. The summed E-state index contributed by atoms with van der Waals surface area (Å²) in [4.78, 5) is 10.0. The van der Waals surface area contributed by atoms with E-state index in [1.165, 1.54) is 12.1 Å². The third-order valence-corrected chi connectivity index (χ3v) is 1.77. The molecule has 76 valence electrons. The maximum Gasteiger partial charge on any atom is 0.292 e. The van der Waals surface area contributed by atoms with Gasteiger partial charge in [-0.05, 0) is 11.6 Å². The van der Waals surface area contributed by atoms with E-state index < -0.39 is 4.92 Å². The van der Waals surface area contributed by atoms with Gasteiger partial charge in [0.1, 0.15) is 5.69 Å². The number of nitro groups is 1. The Morgan fingerprint density at radius 2 is 2.33 bits per heavy atom. The van der Waals surface area contributed by atoms with Crippen LogP contribution in [0.1, 0.15) is 12.0 Å². The van der Waals surface area contributed by atoms with Crippen molar-refractivity contribution in [1.29, 1.82) is 5.26 Å². The molecule has 15 heavy (non-hydrogen) atoms. The molecule has 1 rings (SSSR count). The van der Waals surface area contributed by atoms with E-state index in [9.17, 15) is 10.1 Å². The Morgan fingerprint density at radius 3 is 2.93 bits per heavy atom. The molecule has 2 N–H and O–H groups in total. The highest BCUT2D eigenvalue weighted by atomic mass is 16.6. The normalized spacial score (nSPS) is 10.1. The minimum atomic E-state index is -0.531. The molecular weight excluding hydrogens is 194 g/mol. The summed E-state index contributed by atoms with van der Waals surface area (Å²) in [6.07, 6.45) is 3.56. The Bertz CT molecular complexity index is 446. The van der Waals surface area contributed by atoms with Crippen molar-refractivity contribution in [3.05, 3.63) is 40.0 Å². The minimum absolute atomic E-state index is 0.117. The van der Waals surface area contributed by atoms with E-state index in [1.54, 1.807) is 18.2 Å². The number of nitrogens with two attached hydrogens (primary N) is 1. The fourth-order valence-corrected chi connectivity index (χ4v) is 1.07. The van der Waals surface area contributed by atoms with Gasteiger partial charge in [0.05, 0.1) is 17.4 Å². The first-order valence-corrected chi connectivity index (χ1v) is 4.22. The van der Waals surface area contributed by atoms with Crippen molar-refractivity contribution in [2.45, 2.75) is 6.42 Å². The first kappa shape index (κ1) is 10.7. The first-order valence-electron chi connectivity index (χ1n) is 4.22. The van der Waals surface area contributed by atoms with Crippen molar-refractivity contribution in [1.82, 2.24) is 0 Å². The largest absolute Gasteiger partial charge is 0.393 e. The number of allylic oxidation sites excluding steroid dienone is 1. The highest BCUT2D eigenvalue weighted by Crippen LogP contribution is 2.22. The Balaban J connectivity index is 2.98. The van der Waals surface area contributed by atoms with Crippen molar-refractivity contribution in [2.75, 3.05) is 5.73 Å². The third-order valence-electron chi connectivity index (χ3n) is 1.77. The minimum Gasteiger partial charge on any atom is -0.393 e. The number of nitriles is 1. The lowest BCUT2D eigenvalue weighted by Gasteiger charge is -1.97. The van der Waals surface area contributed by atoms with E-state index in [-0.39, 0.29) is 17.8 Å². The lowest BCUT2D eigenvalue weighted by molar-refractivity contribution is -0.383. The predicted octanol–water partition coefficient (Wildman–Crippen LogP) is 2.10. The number of hydrogen-bond acceptors (Lipinski definition) is 4. The fraction of sp³-hybridized carbons (Fsp3) is 0.100. The van der Waals surface area contributed by atoms with E-state index in [0.29, 0.717) is 5.56 Å². The monoisotopic (exact) mass is 203 g/mol. The second-order valence-electron chi connectivity index (χ2n) is 2.84. The van der Waals surface area contributed by atoms with Crippen molar-refractivity contribution in [2.24, 2.45) is 0 Å². The second-order valence-corrected chi connectivity index (χ2v) is 2.84. The van der Waals surface area contributed by atoms with Gasteiger partial charge in [-0.1, -0.05) is 18.2 Å². The number of anilines is 1. The molecule has 0 atom stereocenters. The maximum absolute atomic E-state index is 10.6. The van der Waals surface area contributed by atoms with Crippen LogP contribution in [0.4, 0.5) is 11.4 Å². The van der Waals surface area contributed by atoms with Crippen LogP contribution in [0.2, 0.25) is 0 Å². The fourth-order valence-electron chi connectivity index (χ4n) is 1.07. The summed E-state index contributed by atoms with van der Waals surface area (Å²) in [5.74, 6) is 0. The van der Waals surface area contributed by atoms with Gasteiger partial charge >= 0.3 is 0 Å². The summed E-state index contributed by atoms with van der Waals surface area (Å²) in [6.45, 7) is 0. The van der Waals surface area contributed by atoms with Gasteiger partial charge in [-0.2, -0.15) is 5.26 Å². The molecule has 0 aromatic heterocycles. The number of nitrogen functional groups attached to an aromatic ring is 1. The van der Waals surface area contributed by atoms with Crippen LogP contribution in [0.15, 0.2) is 24.3 Å². The Kier molecular flexibility index (Phi) is 3.41. The van der Waals surface area contributed by atoms with Gasteiger partial charge in [0.15, 0.2) is 0 Å². The molecule has 0 aliphatic rings. The van der Waals surface area contributed by atoms with Crippen LogP contribution >= 0.6 is 0 Å². The number of nitro benzene ring substituents is 1. The van der Waals surface area contributed by atoms with Crippen molar-refractivity contribution >= 4 is 17.5 Å². The van der Waals surface area contributed by atoms with Gasteiger partial charge in [-0.3, -0.25) is 10.1 Å². The SMILES string of the molecule is N#CCC=Cc1ccc(N)c([N+](=O)[O-])c1. The summed E-state index contributed by atoms with van der Waals surface area (Å²) in [7, 11) is 0. The smallest absolute Gasteiger partial charge is 0.292 e. The van der Waals surface area contributed by atoms with Crippen molar-refractivity contribution in [3.63, 3.8) is 0 Å². The topological polar surface area (TPSA) is 93.0 Å². The van der Waals surface area contributed by atoms with Gasteiger partial charge < -0.3 is 5.73 Å². The molecule has 0 aliphatic heterocycles. The van der Waals surface area contributed by atoms with Crippen LogP contribution in [0.5, 0.6) is 0 Å². The molecule has 1 aromatic carbocycles. The molecule has 0 fully saturated rings. The highest BCUT2D eigenvalue weighted by Gasteiger charge is 2.10. The van der Waals surface area contributed by atoms with E-state index in [2.05, 4.69) is 0 Å². The molecule has 0 amide bonds. The van der Waals surface area contributed by atoms with E-state index in [4.69, 9.17) is 11.0 Å². The van der Waals surface area contributed by atoms with Crippen LogP contribution < -0.4 is 5.73 Å². The number of hydrogen-bond donors (Lipinski definition) is 1. The van der Waals surface area contributed by atoms with Crippen LogP contribution in [0.3, 0.4) is 0 Å². The molecule has 0 aliphatic carbocycles. The van der Waals surface area contributed by atoms with Crippen molar-refractivity contribution in [3.8, 4) is 6.07 Å². The molecule has 0 saturated carbocycles. The van der Waals surface area contributed by atoms with Gasteiger partial charge in [-0.15, -0.1) is 0 Å². The average Bonchev–Trinajstić information content (AvgIpc) is 2.20. The van der Waals surface area contributed by atoms with E-state index in [0.717, 1.165) is 0 Å². The standard InChI is InChI=1S/C10H9N3O2/c11-6-2-1-3-8-4-5-9(12)10(7-8)13(14)15/h1,3-5,7H,2,12H2. The zero-order valence-corrected chi connectivity index (χ0v) is 7.88. The molecule has 5 nitrogen and oxygen atoms in total. The molecule has 0 radical (unpaired) electrons. The molecule has 0 bridgehead atoms. The molecule has 1 aromatic rings. The van der Waals surface area contributed by atoms with Crippen LogP contribution in [-0.2, 0) is 0 Å². The number of rotatable bonds is 3. The summed E-state index contributed by atoms with van der Waals surface area (Å²) in [6, 6.07) is 6.46. The quantitative estimate of drug-likeness (QED) is 0.462. The number of benzene rings is 1. The first-order chi connectivity index (χ1) is 7.15. The van der Waals surface area contributed by atoms with Gasteiger partial charge in [0.2, 0.25) is 0 Å². The van der Waals surface area contributed by atoms with Gasteiger partial charge in [-0.25, -0.2) is 0 Å². The summed E-state index contributed by atoms with van der Waals surface area (Å²) in [5.41, 5.74) is 6.11. The van der Waals surface area contributed by atoms with Crippen LogP contribution in [-0.4, -0.2) is 4.92 Å². The lowest BCUT2D eigenvalue weighted by atomic mass is 10.1. The van der Waals surface area contributed by atoms with E-state index in [1.807, 2.05) is 6.07 Å². The molecule has 0 saturated heterocycles. The van der Waals surface area contributed by atoms with Crippen LogP contribution in [0, 0.1) is 21.4 Å². The summed E-state index contributed by atoms with van der Waals surface area (Å²) < 4.78 is 0. The Labute approximate surface area is 86.6 Å². The van der Waals surface area contributed by atoms with E-state index >= 15 is 0 Å². The highest BCUT2D eigenvalue weighted by molar-refractivity contribution is 5.64. The molecule has 0 unspecified atom stereocenters. The zero-order chi connectivity index (χ0) is 11.3. The Hall–Kier alpha value is -2.35. The molecule has 0 spiro atoms. The molecule has 0 heterocycles. The summed E-state index contributed by atoms with van der Waals surface area (Å²) in [5, 5.41) is 18.9. The predicted molar refractivity (Wildman–Crippen MR) is 56.8 cm³/mol. The molecule has 5 heteroatoms. The van der Waals surface area contributed by atoms with Crippen molar-refractivity contribution < 1.29 is 4.92 Å².